The number of halogens is 2. The van der Waals surface area contributed by atoms with E-state index in [-0.39, 0.29) is 28.1 Å². The summed E-state index contributed by atoms with van der Waals surface area (Å²) in [5.74, 6) is 0. The zero-order valence-electron chi connectivity index (χ0n) is 10.9. The van der Waals surface area contributed by atoms with Crippen LogP contribution in [0.15, 0.2) is 22.4 Å². The Morgan fingerprint density at radius 1 is 1.33 bits per heavy atom. The van der Waals surface area contributed by atoms with Gasteiger partial charge in [0, 0.05) is 16.1 Å². The van der Waals surface area contributed by atoms with Gasteiger partial charge in [0.05, 0.1) is 18.2 Å². The first-order chi connectivity index (χ1) is 9.83. The first-order valence-electron chi connectivity index (χ1n) is 5.83. The maximum Gasteiger partial charge on any atom is 0.242 e. The molecule has 0 amide bonds. The third kappa shape index (κ3) is 3.94. The van der Waals surface area contributed by atoms with Crippen LogP contribution in [0.3, 0.4) is 0 Å². The molecule has 114 valence electrons. The Morgan fingerprint density at radius 3 is 2.62 bits per heavy atom. The average molecular weight is 367 g/mol. The summed E-state index contributed by atoms with van der Waals surface area (Å²) in [7, 11) is -3.81. The van der Waals surface area contributed by atoms with Gasteiger partial charge < -0.3 is 5.11 Å². The normalized spacial score (nSPS) is 11.8. The Morgan fingerprint density at radius 2 is 2.05 bits per heavy atom. The number of thiazole rings is 1. The van der Waals surface area contributed by atoms with E-state index in [1.54, 1.807) is 0 Å². The fraction of sp³-hybridized carbons (Fsp3) is 0.250. The fourth-order valence-corrected chi connectivity index (χ4v) is 4.26. The average Bonchev–Trinajstić information content (AvgIpc) is 2.82. The Labute approximate surface area is 136 Å². The van der Waals surface area contributed by atoms with Gasteiger partial charge in [0.1, 0.15) is 9.90 Å². The van der Waals surface area contributed by atoms with E-state index in [4.69, 9.17) is 28.3 Å². The lowest BCUT2D eigenvalue weighted by Gasteiger charge is -2.10. The van der Waals surface area contributed by atoms with Gasteiger partial charge in [-0.3, -0.25) is 0 Å². The molecule has 1 heterocycles. The molecule has 0 radical (unpaired) electrons. The van der Waals surface area contributed by atoms with E-state index in [1.165, 1.54) is 23.5 Å². The minimum Gasteiger partial charge on any atom is -0.392 e. The predicted octanol–water partition coefficient (Wildman–Crippen LogP) is 2.73. The first-order valence-corrected chi connectivity index (χ1v) is 8.95. The molecule has 2 aromatic rings. The zero-order chi connectivity index (χ0) is 15.6. The van der Waals surface area contributed by atoms with Gasteiger partial charge in [0.25, 0.3) is 0 Å². The minimum absolute atomic E-state index is 0.0000179. The summed E-state index contributed by atoms with van der Waals surface area (Å²) in [5.41, 5.74) is 1.13. The highest BCUT2D eigenvalue weighted by molar-refractivity contribution is 7.89. The predicted molar refractivity (Wildman–Crippen MR) is 83.3 cm³/mol. The van der Waals surface area contributed by atoms with Crippen molar-refractivity contribution in [1.29, 1.82) is 0 Å². The van der Waals surface area contributed by atoms with Crippen LogP contribution in [0.25, 0.3) is 0 Å². The van der Waals surface area contributed by atoms with Crippen LogP contribution in [-0.4, -0.2) is 18.5 Å². The molecule has 0 aliphatic carbocycles. The van der Waals surface area contributed by atoms with E-state index in [0.29, 0.717) is 10.6 Å². The molecule has 0 bridgehead atoms. The summed E-state index contributed by atoms with van der Waals surface area (Å²) in [6.07, 6.45) is 0. The molecule has 9 heteroatoms. The topological polar surface area (TPSA) is 79.3 Å². The Balaban J connectivity index is 2.27. The van der Waals surface area contributed by atoms with Crippen molar-refractivity contribution in [1.82, 2.24) is 9.71 Å². The lowest BCUT2D eigenvalue weighted by molar-refractivity contribution is 0.281. The van der Waals surface area contributed by atoms with Crippen molar-refractivity contribution in [3.63, 3.8) is 0 Å². The standard InChI is InChI=1S/C12H12Cl2N2O3S2/c1-7-6-20-12(16-7)4-15-21(18,19)11-2-8(5-17)9(13)3-10(11)14/h2-3,6,15,17H,4-5H2,1H3. The van der Waals surface area contributed by atoms with Crippen LogP contribution in [0, 0.1) is 6.92 Å². The van der Waals surface area contributed by atoms with E-state index in [1.807, 2.05) is 12.3 Å². The monoisotopic (exact) mass is 366 g/mol. The van der Waals surface area contributed by atoms with Crippen LogP contribution >= 0.6 is 34.5 Å². The second-order valence-corrected chi connectivity index (χ2v) is 7.73. The Bertz CT molecular complexity index is 760. The number of aromatic nitrogens is 1. The third-order valence-electron chi connectivity index (χ3n) is 2.64. The highest BCUT2D eigenvalue weighted by atomic mass is 35.5. The number of rotatable bonds is 5. The lowest BCUT2D eigenvalue weighted by atomic mass is 10.2. The van der Waals surface area contributed by atoms with Crippen molar-refractivity contribution in [3.8, 4) is 0 Å². The summed E-state index contributed by atoms with van der Waals surface area (Å²) in [6.45, 7) is 1.54. The number of aliphatic hydroxyl groups is 1. The number of aryl methyl sites for hydroxylation is 1. The molecule has 5 nitrogen and oxygen atoms in total. The van der Waals surface area contributed by atoms with Crippen molar-refractivity contribution in [2.45, 2.75) is 25.0 Å². The Kier molecular flexibility index (Phi) is 5.24. The molecule has 1 aromatic heterocycles. The molecular weight excluding hydrogens is 355 g/mol. The van der Waals surface area contributed by atoms with E-state index in [9.17, 15) is 8.42 Å². The molecule has 0 atom stereocenters. The molecule has 2 N–H and O–H groups in total. The maximum atomic E-state index is 12.3. The molecule has 1 aromatic carbocycles. The van der Waals surface area contributed by atoms with E-state index < -0.39 is 10.0 Å². The van der Waals surface area contributed by atoms with Gasteiger partial charge in [-0.1, -0.05) is 23.2 Å². The molecule has 0 aliphatic rings. The molecule has 0 unspecified atom stereocenters. The van der Waals surface area contributed by atoms with Crippen molar-refractivity contribution in [3.05, 3.63) is 43.8 Å². The zero-order valence-corrected chi connectivity index (χ0v) is 14.1. The van der Waals surface area contributed by atoms with Crippen LogP contribution in [0.5, 0.6) is 0 Å². The second kappa shape index (κ2) is 6.60. The first kappa shape index (κ1) is 16.7. The number of nitrogens with one attached hydrogen (secondary N) is 1. The van der Waals surface area contributed by atoms with Crippen LogP contribution in [0.2, 0.25) is 10.0 Å². The summed E-state index contributed by atoms with van der Waals surface area (Å²) in [6, 6.07) is 2.57. The van der Waals surface area contributed by atoms with E-state index in [0.717, 1.165) is 5.69 Å². The van der Waals surface area contributed by atoms with E-state index >= 15 is 0 Å². The van der Waals surface area contributed by atoms with Crippen LogP contribution in [-0.2, 0) is 23.2 Å². The van der Waals surface area contributed by atoms with Crippen molar-refractivity contribution >= 4 is 44.6 Å². The molecule has 0 saturated carbocycles. The lowest BCUT2D eigenvalue weighted by Crippen LogP contribution is -2.23. The quantitative estimate of drug-likeness (QED) is 0.852. The van der Waals surface area contributed by atoms with Gasteiger partial charge in [0.2, 0.25) is 10.0 Å². The van der Waals surface area contributed by atoms with Crippen LogP contribution in [0.4, 0.5) is 0 Å². The number of sulfonamides is 1. The summed E-state index contributed by atoms with van der Waals surface area (Å²) in [4.78, 5) is 4.06. The number of benzene rings is 1. The minimum atomic E-state index is -3.81. The third-order valence-corrected chi connectivity index (χ3v) is 5.83. The number of aliphatic hydroxyl groups excluding tert-OH is 1. The maximum absolute atomic E-state index is 12.3. The van der Waals surface area contributed by atoms with Crippen LogP contribution in [0.1, 0.15) is 16.3 Å². The molecule has 21 heavy (non-hydrogen) atoms. The van der Waals surface area contributed by atoms with Gasteiger partial charge in [-0.05, 0) is 24.6 Å². The molecule has 0 saturated heterocycles. The van der Waals surface area contributed by atoms with Gasteiger partial charge in [-0.2, -0.15) is 0 Å². The molecule has 0 fully saturated rings. The van der Waals surface area contributed by atoms with Crippen molar-refractivity contribution in [2.75, 3.05) is 0 Å². The second-order valence-electron chi connectivity index (χ2n) is 4.24. The molecular formula is C12H12Cl2N2O3S2. The Hall–Kier alpha value is -0.700. The van der Waals surface area contributed by atoms with Crippen LogP contribution < -0.4 is 4.72 Å². The van der Waals surface area contributed by atoms with Gasteiger partial charge in [0.15, 0.2) is 0 Å². The number of hydrogen-bond donors (Lipinski definition) is 2. The van der Waals surface area contributed by atoms with Gasteiger partial charge in [-0.15, -0.1) is 11.3 Å². The molecule has 0 aliphatic heterocycles. The summed E-state index contributed by atoms with van der Waals surface area (Å²) in [5, 5.41) is 11.9. The number of nitrogens with zero attached hydrogens (tertiary/aromatic N) is 1. The van der Waals surface area contributed by atoms with E-state index in [2.05, 4.69) is 9.71 Å². The van der Waals surface area contributed by atoms with Crippen molar-refractivity contribution < 1.29 is 13.5 Å². The molecule has 0 spiro atoms. The largest absolute Gasteiger partial charge is 0.392 e. The highest BCUT2D eigenvalue weighted by Crippen LogP contribution is 2.28. The SMILES string of the molecule is Cc1csc(CNS(=O)(=O)c2cc(CO)c(Cl)cc2Cl)n1. The molecule has 2 rings (SSSR count). The fourth-order valence-electron chi connectivity index (χ4n) is 1.62. The number of hydrogen-bond acceptors (Lipinski definition) is 5. The summed E-state index contributed by atoms with van der Waals surface area (Å²) >= 11 is 13.2. The summed E-state index contributed by atoms with van der Waals surface area (Å²) < 4.78 is 27.0. The highest BCUT2D eigenvalue weighted by Gasteiger charge is 2.20. The van der Waals surface area contributed by atoms with Gasteiger partial charge >= 0.3 is 0 Å². The smallest absolute Gasteiger partial charge is 0.242 e. The van der Waals surface area contributed by atoms with Gasteiger partial charge in [-0.25, -0.2) is 18.1 Å². The van der Waals surface area contributed by atoms with Crippen molar-refractivity contribution in [2.24, 2.45) is 0 Å².